The van der Waals surface area contributed by atoms with E-state index < -0.39 is 0 Å². The molecule has 4 heteroatoms. The topological polar surface area (TPSA) is 53.1 Å². The van der Waals surface area contributed by atoms with Crippen LogP contribution in [0.25, 0.3) is 0 Å². The zero-order valence-electron chi connectivity index (χ0n) is 5.10. The SMILES string of the molecule is O=c1[nH]cc(Br)cc1CO. The second kappa shape index (κ2) is 2.98. The molecule has 54 valence electrons. The summed E-state index contributed by atoms with van der Waals surface area (Å²) in [6.07, 6.45) is 1.53. The van der Waals surface area contributed by atoms with Gasteiger partial charge in [0.25, 0.3) is 5.56 Å². The van der Waals surface area contributed by atoms with Crippen molar-refractivity contribution < 1.29 is 5.11 Å². The van der Waals surface area contributed by atoms with Gasteiger partial charge in [0.1, 0.15) is 0 Å². The minimum Gasteiger partial charge on any atom is -0.391 e. The van der Waals surface area contributed by atoms with Gasteiger partial charge in [-0.25, -0.2) is 0 Å². The van der Waals surface area contributed by atoms with E-state index in [4.69, 9.17) is 5.11 Å². The van der Waals surface area contributed by atoms with Crippen LogP contribution in [0.1, 0.15) is 5.56 Å². The first-order valence-electron chi connectivity index (χ1n) is 2.72. The number of aliphatic hydroxyl groups is 1. The Morgan fingerprint density at radius 2 is 2.40 bits per heavy atom. The molecule has 10 heavy (non-hydrogen) atoms. The highest BCUT2D eigenvalue weighted by molar-refractivity contribution is 9.10. The Bertz CT molecular complexity index is 281. The summed E-state index contributed by atoms with van der Waals surface area (Å²) in [6.45, 7) is -0.227. The van der Waals surface area contributed by atoms with Gasteiger partial charge < -0.3 is 10.1 Å². The van der Waals surface area contributed by atoms with Crippen molar-refractivity contribution in [1.29, 1.82) is 0 Å². The molecule has 0 amide bonds. The van der Waals surface area contributed by atoms with Gasteiger partial charge in [-0.3, -0.25) is 4.79 Å². The number of hydrogen-bond donors (Lipinski definition) is 2. The fourth-order valence-corrected chi connectivity index (χ4v) is 1.01. The minimum absolute atomic E-state index is 0.227. The normalized spacial score (nSPS) is 9.80. The molecule has 3 nitrogen and oxygen atoms in total. The van der Waals surface area contributed by atoms with Crippen molar-refractivity contribution in [2.75, 3.05) is 0 Å². The Morgan fingerprint density at radius 3 is 2.90 bits per heavy atom. The molecule has 0 saturated heterocycles. The van der Waals surface area contributed by atoms with Gasteiger partial charge >= 0.3 is 0 Å². The van der Waals surface area contributed by atoms with Crippen LogP contribution >= 0.6 is 15.9 Å². The van der Waals surface area contributed by atoms with Crippen LogP contribution in [0.4, 0.5) is 0 Å². The molecule has 2 N–H and O–H groups in total. The molecule has 0 aromatic carbocycles. The summed E-state index contributed by atoms with van der Waals surface area (Å²) in [7, 11) is 0. The van der Waals surface area contributed by atoms with Gasteiger partial charge in [0.15, 0.2) is 0 Å². The third-order valence-corrected chi connectivity index (χ3v) is 1.57. The number of H-pyrrole nitrogens is 1. The van der Waals surface area contributed by atoms with Crippen molar-refractivity contribution in [3.63, 3.8) is 0 Å². The number of rotatable bonds is 1. The number of pyridine rings is 1. The van der Waals surface area contributed by atoms with E-state index in [-0.39, 0.29) is 12.2 Å². The van der Waals surface area contributed by atoms with Gasteiger partial charge in [0.05, 0.1) is 6.61 Å². The standard InChI is InChI=1S/C6H6BrNO2/c7-5-1-4(3-9)6(10)8-2-5/h1-2,9H,3H2,(H,8,10). The fraction of sp³-hybridized carbons (Fsp3) is 0.167. The van der Waals surface area contributed by atoms with Crippen molar-refractivity contribution >= 4 is 15.9 Å². The van der Waals surface area contributed by atoms with E-state index in [2.05, 4.69) is 20.9 Å². The maximum Gasteiger partial charge on any atom is 0.253 e. The average molecular weight is 204 g/mol. The van der Waals surface area contributed by atoms with Crippen LogP contribution in [0.2, 0.25) is 0 Å². The maximum atomic E-state index is 10.8. The molecule has 0 bridgehead atoms. The van der Waals surface area contributed by atoms with Gasteiger partial charge in [-0.2, -0.15) is 0 Å². The molecule has 0 fully saturated rings. The molecule has 0 aliphatic rings. The van der Waals surface area contributed by atoms with Crippen molar-refractivity contribution in [2.45, 2.75) is 6.61 Å². The van der Waals surface area contributed by atoms with Gasteiger partial charge in [-0.1, -0.05) is 0 Å². The molecule has 1 rings (SSSR count). The first-order chi connectivity index (χ1) is 4.74. The smallest absolute Gasteiger partial charge is 0.253 e. The molecule has 0 radical (unpaired) electrons. The van der Waals surface area contributed by atoms with Crippen LogP contribution < -0.4 is 5.56 Å². The summed E-state index contributed by atoms with van der Waals surface area (Å²) < 4.78 is 0.760. The summed E-state index contributed by atoms with van der Waals surface area (Å²) >= 11 is 3.16. The zero-order valence-corrected chi connectivity index (χ0v) is 6.68. The molecule has 0 saturated carbocycles. The first-order valence-corrected chi connectivity index (χ1v) is 3.51. The third kappa shape index (κ3) is 1.46. The van der Waals surface area contributed by atoms with E-state index in [1.807, 2.05) is 0 Å². The number of hydrogen-bond acceptors (Lipinski definition) is 2. The van der Waals surface area contributed by atoms with Crippen molar-refractivity contribution in [3.05, 3.63) is 32.7 Å². The second-order valence-corrected chi connectivity index (χ2v) is 2.75. The Morgan fingerprint density at radius 1 is 1.70 bits per heavy atom. The molecular weight excluding hydrogens is 198 g/mol. The summed E-state index contributed by atoms with van der Waals surface area (Å²) in [5.41, 5.74) is 0.125. The lowest BCUT2D eigenvalue weighted by Gasteiger charge is -1.93. The van der Waals surface area contributed by atoms with Crippen LogP contribution in [-0.2, 0) is 6.61 Å². The second-order valence-electron chi connectivity index (χ2n) is 1.83. The molecule has 1 aromatic rings. The molecule has 0 aliphatic carbocycles. The number of aromatic amines is 1. The lowest BCUT2D eigenvalue weighted by atomic mass is 10.3. The zero-order chi connectivity index (χ0) is 7.56. The first kappa shape index (κ1) is 7.50. The van der Waals surface area contributed by atoms with E-state index in [1.165, 1.54) is 6.20 Å². The monoisotopic (exact) mass is 203 g/mol. The molecule has 1 aromatic heterocycles. The Labute approximate surface area is 65.8 Å². The number of aromatic nitrogens is 1. The van der Waals surface area contributed by atoms with Gasteiger partial charge in [0.2, 0.25) is 0 Å². The van der Waals surface area contributed by atoms with Crippen LogP contribution in [0, 0.1) is 0 Å². The highest BCUT2D eigenvalue weighted by Gasteiger charge is 1.96. The fourth-order valence-electron chi connectivity index (χ4n) is 0.618. The average Bonchev–Trinajstić information content (AvgIpc) is 1.94. The molecule has 1 heterocycles. The van der Waals surface area contributed by atoms with Crippen molar-refractivity contribution in [1.82, 2.24) is 4.98 Å². The lowest BCUT2D eigenvalue weighted by molar-refractivity contribution is 0.280. The quantitative estimate of drug-likeness (QED) is 0.704. The minimum atomic E-state index is -0.245. The summed E-state index contributed by atoms with van der Waals surface area (Å²) in [5.74, 6) is 0. The van der Waals surface area contributed by atoms with Gasteiger partial charge in [-0.15, -0.1) is 0 Å². The van der Waals surface area contributed by atoms with E-state index >= 15 is 0 Å². The van der Waals surface area contributed by atoms with Crippen molar-refractivity contribution in [3.8, 4) is 0 Å². The molecule has 0 aliphatic heterocycles. The molecule has 0 unspecified atom stereocenters. The maximum absolute atomic E-state index is 10.8. The predicted molar refractivity (Wildman–Crippen MR) is 40.7 cm³/mol. The van der Waals surface area contributed by atoms with E-state index in [0.717, 1.165) is 4.47 Å². The Balaban J connectivity index is 3.22. The van der Waals surface area contributed by atoms with E-state index in [1.54, 1.807) is 6.07 Å². The van der Waals surface area contributed by atoms with Crippen molar-refractivity contribution in [2.24, 2.45) is 0 Å². The number of aliphatic hydroxyl groups excluding tert-OH is 1. The third-order valence-electron chi connectivity index (χ3n) is 1.12. The van der Waals surface area contributed by atoms with Crippen LogP contribution in [0.3, 0.4) is 0 Å². The predicted octanol–water partition coefficient (Wildman–Crippen LogP) is 0.630. The molecule has 0 spiro atoms. The van der Waals surface area contributed by atoms with E-state index in [9.17, 15) is 4.79 Å². The van der Waals surface area contributed by atoms with Crippen LogP contribution in [0.5, 0.6) is 0 Å². The van der Waals surface area contributed by atoms with Crippen LogP contribution in [0.15, 0.2) is 21.5 Å². The highest BCUT2D eigenvalue weighted by Crippen LogP contribution is 2.05. The molecular formula is C6H6BrNO2. The Hall–Kier alpha value is -0.610. The van der Waals surface area contributed by atoms with E-state index in [0.29, 0.717) is 5.56 Å². The molecule has 0 atom stereocenters. The highest BCUT2D eigenvalue weighted by atomic mass is 79.9. The summed E-state index contributed by atoms with van der Waals surface area (Å²) in [4.78, 5) is 13.2. The van der Waals surface area contributed by atoms with Crippen LogP contribution in [-0.4, -0.2) is 10.1 Å². The number of nitrogens with one attached hydrogen (secondary N) is 1. The summed E-state index contributed by atoms with van der Waals surface area (Å²) in [5, 5.41) is 8.60. The summed E-state index contributed by atoms with van der Waals surface area (Å²) in [6, 6.07) is 1.58. The number of halogens is 1. The Kier molecular flexibility index (Phi) is 2.24. The van der Waals surface area contributed by atoms with Gasteiger partial charge in [0, 0.05) is 16.2 Å². The van der Waals surface area contributed by atoms with Gasteiger partial charge in [-0.05, 0) is 22.0 Å². The lowest BCUT2D eigenvalue weighted by Crippen LogP contribution is -2.10. The largest absolute Gasteiger partial charge is 0.391 e.